The lowest BCUT2D eigenvalue weighted by Crippen LogP contribution is -2.40. The van der Waals surface area contributed by atoms with E-state index in [1.54, 1.807) is 37.3 Å². The van der Waals surface area contributed by atoms with Crippen LogP contribution in [0.3, 0.4) is 0 Å². The maximum atomic E-state index is 12.9. The van der Waals surface area contributed by atoms with Crippen molar-refractivity contribution in [2.45, 2.75) is 13.0 Å². The third-order valence-corrected chi connectivity index (χ3v) is 2.73. The highest BCUT2D eigenvalue weighted by molar-refractivity contribution is 6.21. The second kappa shape index (κ2) is 4.49. The number of halogens is 1. The van der Waals surface area contributed by atoms with Crippen molar-refractivity contribution in [3.05, 3.63) is 47.5 Å². The summed E-state index contributed by atoms with van der Waals surface area (Å²) in [6.07, 6.45) is 3.15. The first kappa shape index (κ1) is 11.5. The van der Waals surface area contributed by atoms with Crippen LogP contribution in [0, 0.1) is 0 Å². The molecule has 1 aliphatic rings. The first-order valence-corrected chi connectivity index (χ1v) is 5.36. The SMILES string of the molecule is C/C=C/[C@@H](CF)N1C(=O)c2ccccc2C1=O. The lowest BCUT2D eigenvalue weighted by atomic mass is 10.1. The van der Waals surface area contributed by atoms with Gasteiger partial charge in [0.1, 0.15) is 6.67 Å². The third kappa shape index (κ3) is 1.75. The minimum atomic E-state index is -0.813. The van der Waals surface area contributed by atoms with E-state index in [1.165, 1.54) is 6.08 Å². The van der Waals surface area contributed by atoms with E-state index in [9.17, 15) is 14.0 Å². The molecule has 1 aromatic carbocycles. The Morgan fingerprint density at radius 3 is 2.18 bits per heavy atom. The quantitative estimate of drug-likeness (QED) is 0.593. The molecule has 0 N–H and O–H groups in total. The number of amides is 2. The summed E-state index contributed by atoms with van der Waals surface area (Å²) < 4.78 is 12.9. The fraction of sp³-hybridized carbons (Fsp3) is 0.231. The third-order valence-electron chi connectivity index (χ3n) is 2.73. The van der Waals surface area contributed by atoms with E-state index >= 15 is 0 Å². The van der Waals surface area contributed by atoms with Crippen LogP contribution < -0.4 is 0 Å². The van der Waals surface area contributed by atoms with Crippen molar-refractivity contribution in [3.8, 4) is 0 Å². The number of carbonyl (C=O) groups is 2. The highest BCUT2D eigenvalue weighted by Crippen LogP contribution is 2.24. The molecule has 1 atom stereocenters. The Bertz CT molecular complexity index is 461. The average Bonchev–Trinajstić information content (AvgIpc) is 2.61. The van der Waals surface area contributed by atoms with Crippen molar-refractivity contribution in [2.24, 2.45) is 0 Å². The monoisotopic (exact) mass is 233 g/mol. The van der Waals surface area contributed by atoms with Gasteiger partial charge in [-0.3, -0.25) is 14.5 Å². The van der Waals surface area contributed by atoms with Gasteiger partial charge in [-0.05, 0) is 19.1 Å². The molecule has 0 radical (unpaired) electrons. The van der Waals surface area contributed by atoms with Crippen molar-refractivity contribution < 1.29 is 14.0 Å². The number of benzene rings is 1. The molecule has 88 valence electrons. The number of alkyl halides is 1. The fourth-order valence-corrected chi connectivity index (χ4v) is 1.94. The summed E-state index contributed by atoms with van der Waals surface area (Å²) in [6, 6.07) is 5.73. The van der Waals surface area contributed by atoms with E-state index in [-0.39, 0.29) is 0 Å². The maximum Gasteiger partial charge on any atom is 0.262 e. The molecule has 0 saturated carbocycles. The highest BCUT2D eigenvalue weighted by atomic mass is 19.1. The van der Waals surface area contributed by atoms with Crippen LogP contribution >= 0.6 is 0 Å². The van der Waals surface area contributed by atoms with Crippen LogP contribution in [-0.4, -0.2) is 29.4 Å². The lowest BCUT2D eigenvalue weighted by Gasteiger charge is -2.20. The summed E-state index contributed by atoms with van der Waals surface area (Å²) in [5.74, 6) is -0.849. The van der Waals surface area contributed by atoms with Crippen LogP contribution in [0.2, 0.25) is 0 Å². The Kier molecular flexibility index (Phi) is 3.04. The molecule has 2 amide bonds. The van der Waals surface area contributed by atoms with Gasteiger partial charge in [-0.2, -0.15) is 0 Å². The van der Waals surface area contributed by atoms with Crippen LogP contribution in [0.25, 0.3) is 0 Å². The van der Waals surface area contributed by atoms with Gasteiger partial charge in [-0.1, -0.05) is 24.3 Å². The van der Waals surface area contributed by atoms with E-state index in [4.69, 9.17) is 0 Å². The summed E-state index contributed by atoms with van der Waals surface area (Å²) >= 11 is 0. The second-order valence-corrected chi connectivity index (χ2v) is 3.77. The molecule has 0 bridgehead atoms. The zero-order valence-corrected chi connectivity index (χ0v) is 9.39. The fourth-order valence-electron chi connectivity index (χ4n) is 1.94. The van der Waals surface area contributed by atoms with Gasteiger partial charge in [0, 0.05) is 0 Å². The summed E-state index contributed by atoms with van der Waals surface area (Å²) in [5.41, 5.74) is 0.695. The van der Waals surface area contributed by atoms with Gasteiger partial charge < -0.3 is 0 Å². The number of imide groups is 1. The number of hydrogen-bond donors (Lipinski definition) is 0. The Morgan fingerprint density at radius 1 is 1.24 bits per heavy atom. The van der Waals surface area contributed by atoms with Crippen LogP contribution in [-0.2, 0) is 0 Å². The van der Waals surface area contributed by atoms with Crippen LogP contribution in [0.15, 0.2) is 36.4 Å². The number of fused-ring (bicyclic) bond motifs is 1. The maximum absolute atomic E-state index is 12.9. The topological polar surface area (TPSA) is 37.4 Å². The smallest absolute Gasteiger partial charge is 0.262 e. The van der Waals surface area contributed by atoms with Crippen molar-refractivity contribution in [3.63, 3.8) is 0 Å². The zero-order valence-electron chi connectivity index (χ0n) is 9.39. The molecule has 1 aromatic rings. The van der Waals surface area contributed by atoms with Crippen LogP contribution in [0.5, 0.6) is 0 Å². The normalized spacial score (nSPS) is 16.7. The number of allylic oxidation sites excluding steroid dienone is 1. The van der Waals surface area contributed by atoms with Gasteiger partial charge >= 0.3 is 0 Å². The summed E-state index contributed by atoms with van der Waals surface area (Å²) in [7, 11) is 0. The first-order chi connectivity index (χ1) is 8.20. The highest BCUT2D eigenvalue weighted by Gasteiger charge is 2.38. The molecule has 0 spiro atoms. The molecule has 0 fully saturated rings. The molecule has 0 saturated heterocycles. The average molecular weight is 233 g/mol. The summed E-state index contributed by atoms with van der Waals surface area (Å²) in [4.78, 5) is 25.0. The Balaban J connectivity index is 2.42. The van der Waals surface area contributed by atoms with E-state index < -0.39 is 24.5 Å². The van der Waals surface area contributed by atoms with E-state index in [0.717, 1.165) is 4.90 Å². The van der Waals surface area contributed by atoms with Gasteiger partial charge in [0.15, 0.2) is 0 Å². The largest absolute Gasteiger partial charge is 0.269 e. The molecule has 1 heterocycles. The molecular weight excluding hydrogens is 221 g/mol. The van der Waals surface area contributed by atoms with Gasteiger partial charge in [0.05, 0.1) is 17.2 Å². The predicted molar refractivity (Wildman–Crippen MR) is 61.5 cm³/mol. The molecule has 4 heteroatoms. The number of rotatable bonds is 3. The second-order valence-electron chi connectivity index (χ2n) is 3.77. The van der Waals surface area contributed by atoms with E-state index in [0.29, 0.717) is 11.1 Å². The van der Waals surface area contributed by atoms with Crippen molar-refractivity contribution in [1.29, 1.82) is 0 Å². The standard InChI is InChI=1S/C13H12FNO2/c1-2-5-9(8-14)15-12(16)10-6-3-4-7-11(10)13(15)17/h2-7,9H,8H2,1H3/b5-2+/t9-/m0/s1. The van der Waals surface area contributed by atoms with Crippen molar-refractivity contribution in [2.75, 3.05) is 6.67 Å². The van der Waals surface area contributed by atoms with Crippen molar-refractivity contribution in [1.82, 2.24) is 4.90 Å². The molecule has 17 heavy (non-hydrogen) atoms. The summed E-state index contributed by atoms with van der Waals surface area (Å²) in [5, 5.41) is 0. The van der Waals surface area contributed by atoms with Crippen LogP contribution in [0.1, 0.15) is 27.6 Å². The Labute approximate surface area is 98.5 Å². The molecule has 2 rings (SSSR count). The number of nitrogens with zero attached hydrogens (tertiary/aromatic N) is 1. The minimum absolute atomic E-state index is 0.348. The van der Waals surface area contributed by atoms with Gasteiger partial charge in [-0.25, -0.2) is 4.39 Å². The molecular formula is C13H12FNO2. The number of hydrogen-bond acceptors (Lipinski definition) is 2. The van der Waals surface area contributed by atoms with E-state index in [2.05, 4.69) is 0 Å². The van der Waals surface area contributed by atoms with Gasteiger partial charge in [-0.15, -0.1) is 0 Å². The van der Waals surface area contributed by atoms with Gasteiger partial charge in [0.2, 0.25) is 0 Å². The molecule has 3 nitrogen and oxygen atoms in total. The minimum Gasteiger partial charge on any atom is -0.269 e. The Morgan fingerprint density at radius 2 is 1.76 bits per heavy atom. The Hall–Kier alpha value is -1.97. The molecule has 1 aliphatic heterocycles. The molecule has 0 unspecified atom stereocenters. The van der Waals surface area contributed by atoms with Crippen molar-refractivity contribution >= 4 is 11.8 Å². The molecule has 0 aromatic heterocycles. The van der Waals surface area contributed by atoms with E-state index in [1.807, 2.05) is 0 Å². The lowest BCUT2D eigenvalue weighted by molar-refractivity contribution is 0.0596. The zero-order chi connectivity index (χ0) is 12.4. The van der Waals surface area contributed by atoms with Gasteiger partial charge in [0.25, 0.3) is 11.8 Å². The molecule has 0 aliphatic carbocycles. The summed E-state index contributed by atoms with van der Waals surface area (Å²) in [6.45, 7) is 0.955. The van der Waals surface area contributed by atoms with Crippen LogP contribution in [0.4, 0.5) is 4.39 Å². The first-order valence-electron chi connectivity index (χ1n) is 5.36. The number of carbonyl (C=O) groups excluding carboxylic acids is 2. The predicted octanol–water partition coefficient (Wildman–Crippen LogP) is 2.20.